The zero-order valence-corrected chi connectivity index (χ0v) is 18.9. The highest BCUT2D eigenvalue weighted by atomic mass is 32.2. The Balaban J connectivity index is 1.94. The summed E-state index contributed by atoms with van der Waals surface area (Å²) in [5.74, 6) is -0.226. The summed E-state index contributed by atoms with van der Waals surface area (Å²) < 4.78 is 40.1. The molecule has 0 aliphatic heterocycles. The molecule has 4 rings (SSSR count). The van der Waals surface area contributed by atoms with Gasteiger partial charge < -0.3 is 9.15 Å². The third kappa shape index (κ3) is 3.89. The Labute approximate surface area is 189 Å². The monoisotopic (exact) mass is 468 g/mol. The number of hydrogen-bond donors (Lipinski definition) is 1. The second-order valence-corrected chi connectivity index (χ2v) is 9.06. The lowest BCUT2D eigenvalue weighted by atomic mass is 10.0. The predicted molar refractivity (Wildman–Crippen MR) is 123 cm³/mol. The number of nitrogens with one attached hydrogen (secondary N) is 1. The first-order valence-corrected chi connectivity index (χ1v) is 11.5. The third-order valence-corrected chi connectivity index (χ3v) is 6.78. The van der Waals surface area contributed by atoms with E-state index in [-0.39, 0.29) is 28.4 Å². The molecule has 0 atom stereocenters. The first-order chi connectivity index (χ1) is 15.6. The van der Waals surface area contributed by atoms with Gasteiger partial charge in [-0.15, -0.1) is 0 Å². The fourth-order valence-electron chi connectivity index (χ4n) is 3.77. The highest BCUT2D eigenvalue weighted by Crippen LogP contribution is 2.38. The van der Waals surface area contributed by atoms with Crippen molar-refractivity contribution < 1.29 is 27.3 Å². The van der Waals surface area contributed by atoms with E-state index in [1.54, 1.807) is 45.0 Å². The molecule has 0 unspecified atom stereocenters. The standard InChI is InChI=1S/C23H20N2O7S/c1-4-31-23(26)21-14(3)32-22-17-8-6-5-7-16(17)19(12-18(21)22)24-33(29,30)20-11-15(25(27)28)10-9-13(20)2/h5-12,24H,4H2,1-3H3. The van der Waals surface area contributed by atoms with Crippen LogP contribution in [0.15, 0.2) is 57.8 Å². The van der Waals surface area contributed by atoms with Crippen LogP contribution in [0.3, 0.4) is 0 Å². The summed E-state index contributed by atoms with van der Waals surface area (Å²) in [7, 11) is -4.20. The van der Waals surface area contributed by atoms with Crippen molar-refractivity contribution in [3.05, 3.63) is 75.5 Å². The third-order valence-electron chi connectivity index (χ3n) is 5.27. The van der Waals surface area contributed by atoms with Gasteiger partial charge in [0.05, 0.1) is 22.1 Å². The number of nitrogens with zero attached hydrogens (tertiary/aromatic N) is 1. The number of nitro groups is 1. The molecular weight excluding hydrogens is 448 g/mol. The van der Waals surface area contributed by atoms with Crippen molar-refractivity contribution in [1.29, 1.82) is 0 Å². The van der Waals surface area contributed by atoms with Gasteiger partial charge in [0.2, 0.25) is 0 Å². The molecule has 1 aromatic heterocycles. The molecule has 1 heterocycles. The van der Waals surface area contributed by atoms with E-state index in [0.29, 0.717) is 33.1 Å². The highest BCUT2D eigenvalue weighted by Gasteiger charge is 2.25. The van der Waals surface area contributed by atoms with Crippen LogP contribution in [0, 0.1) is 24.0 Å². The predicted octanol–water partition coefficient (Wildman–Crippen LogP) is 5.09. The van der Waals surface area contributed by atoms with Crippen molar-refractivity contribution in [3.8, 4) is 0 Å². The molecule has 0 fully saturated rings. The summed E-state index contributed by atoms with van der Waals surface area (Å²) in [5.41, 5.74) is 0.863. The Morgan fingerprint density at radius 1 is 1.09 bits per heavy atom. The molecule has 170 valence electrons. The van der Waals surface area contributed by atoms with E-state index in [2.05, 4.69) is 4.72 Å². The number of esters is 1. The summed E-state index contributed by atoms with van der Waals surface area (Å²) in [4.78, 5) is 22.9. The van der Waals surface area contributed by atoms with Gasteiger partial charge in [-0.2, -0.15) is 0 Å². The lowest BCUT2D eigenvalue weighted by molar-refractivity contribution is -0.385. The van der Waals surface area contributed by atoms with Gasteiger partial charge in [0.1, 0.15) is 16.9 Å². The second-order valence-electron chi connectivity index (χ2n) is 7.41. The minimum atomic E-state index is -4.20. The Kier molecular flexibility index (Phi) is 5.54. The Morgan fingerprint density at radius 3 is 2.45 bits per heavy atom. The number of sulfonamides is 1. The summed E-state index contributed by atoms with van der Waals surface area (Å²) in [6, 6.07) is 12.1. The number of furan rings is 1. The van der Waals surface area contributed by atoms with Crippen LogP contribution in [-0.2, 0) is 14.8 Å². The van der Waals surface area contributed by atoms with Crippen molar-refractivity contribution in [2.75, 3.05) is 11.3 Å². The Morgan fingerprint density at radius 2 is 1.79 bits per heavy atom. The molecule has 0 saturated carbocycles. The highest BCUT2D eigenvalue weighted by molar-refractivity contribution is 7.92. The van der Waals surface area contributed by atoms with Gasteiger partial charge >= 0.3 is 5.97 Å². The van der Waals surface area contributed by atoms with E-state index in [1.807, 2.05) is 0 Å². The van der Waals surface area contributed by atoms with Crippen LogP contribution >= 0.6 is 0 Å². The Bertz CT molecular complexity index is 1540. The summed E-state index contributed by atoms with van der Waals surface area (Å²) in [6.45, 7) is 5.05. The van der Waals surface area contributed by atoms with Crippen molar-refractivity contribution in [3.63, 3.8) is 0 Å². The molecular formula is C23H20N2O7S. The van der Waals surface area contributed by atoms with Gasteiger partial charge in [0.25, 0.3) is 15.7 Å². The van der Waals surface area contributed by atoms with Crippen LogP contribution in [0.2, 0.25) is 0 Å². The quantitative estimate of drug-likeness (QED) is 0.237. The van der Waals surface area contributed by atoms with Crippen molar-refractivity contribution in [2.45, 2.75) is 25.7 Å². The van der Waals surface area contributed by atoms with Gasteiger partial charge in [0, 0.05) is 28.3 Å². The number of rotatable bonds is 6. The van der Waals surface area contributed by atoms with Crippen LogP contribution in [-0.4, -0.2) is 25.9 Å². The largest absolute Gasteiger partial charge is 0.462 e. The number of carbonyl (C=O) groups excluding carboxylic acids is 1. The fourth-order valence-corrected chi connectivity index (χ4v) is 5.11. The van der Waals surface area contributed by atoms with E-state index < -0.39 is 20.9 Å². The number of nitro benzene ring substituents is 1. The minimum absolute atomic E-state index is 0.171. The van der Waals surface area contributed by atoms with E-state index in [4.69, 9.17) is 9.15 Å². The van der Waals surface area contributed by atoms with Gasteiger partial charge in [-0.05, 0) is 32.4 Å². The topological polar surface area (TPSA) is 129 Å². The number of carbonyl (C=O) groups is 1. The van der Waals surface area contributed by atoms with Crippen LogP contribution in [0.4, 0.5) is 11.4 Å². The number of ether oxygens (including phenoxy) is 1. The molecule has 0 amide bonds. The zero-order valence-electron chi connectivity index (χ0n) is 18.0. The first-order valence-electron chi connectivity index (χ1n) is 10.0. The molecule has 0 radical (unpaired) electrons. The maximum Gasteiger partial charge on any atom is 0.342 e. The molecule has 4 aromatic rings. The fraction of sp³-hybridized carbons (Fsp3) is 0.174. The molecule has 0 bridgehead atoms. The average Bonchev–Trinajstić information content (AvgIpc) is 3.09. The molecule has 3 aromatic carbocycles. The van der Waals surface area contributed by atoms with Gasteiger partial charge in [-0.1, -0.05) is 30.3 Å². The van der Waals surface area contributed by atoms with Crippen molar-refractivity contribution in [2.24, 2.45) is 0 Å². The number of benzene rings is 3. The van der Waals surface area contributed by atoms with E-state index in [1.165, 1.54) is 18.2 Å². The number of aryl methyl sites for hydroxylation is 2. The van der Waals surface area contributed by atoms with Gasteiger partial charge in [-0.3, -0.25) is 14.8 Å². The molecule has 0 aliphatic rings. The summed E-state index contributed by atoms with van der Waals surface area (Å²) in [5, 5.41) is 12.7. The second kappa shape index (κ2) is 8.21. The SMILES string of the molecule is CCOC(=O)c1c(C)oc2c1cc(NS(=O)(=O)c1cc([N+](=O)[O-])ccc1C)c1ccccc12. The maximum absolute atomic E-state index is 13.3. The minimum Gasteiger partial charge on any atom is -0.462 e. The molecule has 1 N–H and O–H groups in total. The van der Waals surface area contributed by atoms with Crippen LogP contribution in [0.1, 0.15) is 28.6 Å². The summed E-state index contributed by atoms with van der Waals surface area (Å²) in [6.07, 6.45) is 0. The Hall–Kier alpha value is -3.92. The van der Waals surface area contributed by atoms with Crippen molar-refractivity contribution >= 4 is 49.1 Å². The van der Waals surface area contributed by atoms with Crippen molar-refractivity contribution in [1.82, 2.24) is 0 Å². The summed E-state index contributed by atoms with van der Waals surface area (Å²) >= 11 is 0. The molecule has 0 saturated heterocycles. The molecule has 33 heavy (non-hydrogen) atoms. The molecule has 9 nitrogen and oxygen atoms in total. The maximum atomic E-state index is 13.3. The van der Waals surface area contributed by atoms with E-state index in [9.17, 15) is 23.3 Å². The number of non-ortho nitro benzene ring substituents is 1. The lowest BCUT2D eigenvalue weighted by Crippen LogP contribution is -2.15. The first kappa shape index (κ1) is 22.3. The smallest absolute Gasteiger partial charge is 0.342 e. The molecule has 0 spiro atoms. The van der Waals surface area contributed by atoms with Gasteiger partial charge in [-0.25, -0.2) is 13.2 Å². The zero-order chi connectivity index (χ0) is 23.9. The number of hydrogen-bond acceptors (Lipinski definition) is 7. The lowest BCUT2D eigenvalue weighted by Gasteiger charge is -2.13. The van der Waals surface area contributed by atoms with Crippen LogP contribution < -0.4 is 4.72 Å². The van der Waals surface area contributed by atoms with E-state index >= 15 is 0 Å². The van der Waals surface area contributed by atoms with Crippen LogP contribution in [0.25, 0.3) is 21.7 Å². The average molecular weight is 468 g/mol. The van der Waals surface area contributed by atoms with Gasteiger partial charge in [0.15, 0.2) is 0 Å². The number of fused-ring (bicyclic) bond motifs is 3. The molecule has 10 heteroatoms. The van der Waals surface area contributed by atoms with E-state index in [0.717, 1.165) is 6.07 Å². The normalized spacial score (nSPS) is 11.6. The van der Waals surface area contributed by atoms with Crippen LogP contribution in [0.5, 0.6) is 0 Å². The number of anilines is 1. The molecule has 0 aliphatic carbocycles.